The van der Waals surface area contributed by atoms with Gasteiger partial charge in [-0.2, -0.15) is 0 Å². The molecule has 1 fully saturated rings. The molecule has 1 aliphatic rings. The number of nitrogens with zero attached hydrogens (tertiary/aromatic N) is 1. The fraction of sp³-hybridized carbons (Fsp3) is 0.429. The first-order valence-electron chi connectivity index (χ1n) is 6.63. The van der Waals surface area contributed by atoms with Gasteiger partial charge in [-0.05, 0) is 37.5 Å². The third-order valence-corrected chi connectivity index (χ3v) is 3.37. The van der Waals surface area contributed by atoms with Gasteiger partial charge in [0, 0.05) is 17.9 Å². The van der Waals surface area contributed by atoms with E-state index in [0.717, 1.165) is 12.8 Å². The Balaban J connectivity index is 2.08. The predicted molar refractivity (Wildman–Crippen MR) is 76.2 cm³/mol. The zero-order valence-corrected chi connectivity index (χ0v) is 11.5. The van der Waals surface area contributed by atoms with Crippen molar-refractivity contribution in [1.29, 1.82) is 0 Å². The van der Waals surface area contributed by atoms with Crippen molar-refractivity contribution in [3.8, 4) is 0 Å². The van der Waals surface area contributed by atoms with Crippen LogP contribution in [0.5, 0.6) is 0 Å². The fourth-order valence-corrected chi connectivity index (χ4v) is 2.37. The summed E-state index contributed by atoms with van der Waals surface area (Å²) in [5.41, 5.74) is 6.86. The number of anilines is 2. The summed E-state index contributed by atoms with van der Waals surface area (Å²) in [6.45, 7) is 0.550. The van der Waals surface area contributed by atoms with E-state index >= 15 is 0 Å². The van der Waals surface area contributed by atoms with E-state index in [1.807, 2.05) is 0 Å². The summed E-state index contributed by atoms with van der Waals surface area (Å²) in [5.74, 6) is -0.368. The number of piperidine rings is 1. The second-order valence-corrected chi connectivity index (χ2v) is 4.78. The molecular weight excluding hydrogens is 258 g/mol. The molecule has 1 aliphatic heterocycles. The molecule has 0 saturated carbocycles. The summed E-state index contributed by atoms with van der Waals surface area (Å²) in [7, 11) is 1.34. The molecule has 0 aromatic heterocycles. The number of carbonyl (C=O) groups excluding carboxylic acids is 2. The van der Waals surface area contributed by atoms with Crippen molar-refractivity contribution >= 4 is 23.4 Å². The first-order chi connectivity index (χ1) is 9.61. The number of hydrogen-bond acceptors (Lipinski definition) is 4. The van der Waals surface area contributed by atoms with Crippen LogP contribution in [0.2, 0.25) is 0 Å². The van der Waals surface area contributed by atoms with Crippen LogP contribution in [0.1, 0.15) is 19.3 Å². The van der Waals surface area contributed by atoms with E-state index in [2.05, 4.69) is 5.32 Å². The Bertz CT molecular complexity index is 504. The molecule has 1 saturated heterocycles. The summed E-state index contributed by atoms with van der Waals surface area (Å²) in [6, 6.07) is 6.13. The molecule has 1 unspecified atom stereocenters. The maximum atomic E-state index is 12.3. The van der Waals surface area contributed by atoms with Crippen molar-refractivity contribution in [3.63, 3.8) is 0 Å². The molecule has 6 heteroatoms. The summed E-state index contributed by atoms with van der Waals surface area (Å²) >= 11 is 0. The number of carbonyl (C=O) groups is 2. The number of urea groups is 1. The maximum Gasteiger partial charge on any atom is 0.328 e. The maximum absolute atomic E-state index is 12.3. The van der Waals surface area contributed by atoms with Gasteiger partial charge in [0.05, 0.1) is 7.11 Å². The smallest absolute Gasteiger partial charge is 0.328 e. The summed E-state index contributed by atoms with van der Waals surface area (Å²) < 4.78 is 4.76. The van der Waals surface area contributed by atoms with E-state index in [1.165, 1.54) is 12.0 Å². The van der Waals surface area contributed by atoms with Crippen LogP contribution >= 0.6 is 0 Å². The zero-order chi connectivity index (χ0) is 14.5. The SMILES string of the molecule is COC(=O)C1CCCCN1C(=O)Nc1cccc(N)c1. The van der Waals surface area contributed by atoms with Crippen molar-refractivity contribution in [2.24, 2.45) is 0 Å². The molecule has 6 nitrogen and oxygen atoms in total. The molecule has 20 heavy (non-hydrogen) atoms. The number of benzene rings is 1. The average Bonchev–Trinajstić information content (AvgIpc) is 2.46. The van der Waals surface area contributed by atoms with Gasteiger partial charge >= 0.3 is 12.0 Å². The quantitative estimate of drug-likeness (QED) is 0.638. The molecule has 1 aromatic rings. The first kappa shape index (κ1) is 14.2. The summed E-state index contributed by atoms with van der Waals surface area (Å²) in [5, 5.41) is 2.76. The Labute approximate surface area is 117 Å². The Hall–Kier alpha value is -2.24. The van der Waals surface area contributed by atoms with Gasteiger partial charge in [-0.1, -0.05) is 6.07 Å². The van der Waals surface area contributed by atoms with Crippen LogP contribution in [-0.2, 0) is 9.53 Å². The van der Waals surface area contributed by atoms with E-state index in [1.54, 1.807) is 24.3 Å². The van der Waals surface area contributed by atoms with Gasteiger partial charge in [0.15, 0.2) is 0 Å². The summed E-state index contributed by atoms with van der Waals surface area (Å²) in [4.78, 5) is 25.5. The third-order valence-electron chi connectivity index (χ3n) is 3.37. The number of ether oxygens (including phenoxy) is 1. The molecule has 108 valence electrons. The molecule has 0 bridgehead atoms. The van der Waals surface area contributed by atoms with Crippen LogP contribution < -0.4 is 11.1 Å². The highest BCUT2D eigenvalue weighted by Crippen LogP contribution is 2.20. The fourth-order valence-electron chi connectivity index (χ4n) is 2.37. The highest BCUT2D eigenvalue weighted by Gasteiger charge is 2.32. The molecule has 0 radical (unpaired) electrons. The number of nitrogens with two attached hydrogens (primary N) is 1. The number of rotatable bonds is 2. The topological polar surface area (TPSA) is 84.7 Å². The second kappa shape index (κ2) is 6.27. The Kier molecular flexibility index (Phi) is 4.45. The van der Waals surface area contributed by atoms with E-state index in [4.69, 9.17) is 10.5 Å². The lowest BCUT2D eigenvalue weighted by Gasteiger charge is -2.33. The minimum atomic E-state index is -0.505. The molecule has 1 atom stereocenters. The van der Waals surface area contributed by atoms with E-state index in [0.29, 0.717) is 24.3 Å². The zero-order valence-electron chi connectivity index (χ0n) is 11.5. The average molecular weight is 277 g/mol. The third kappa shape index (κ3) is 3.20. The van der Waals surface area contributed by atoms with Gasteiger partial charge < -0.3 is 20.7 Å². The van der Waals surface area contributed by atoms with Crippen LogP contribution in [0.4, 0.5) is 16.2 Å². The van der Waals surface area contributed by atoms with Crippen LogP contribution in [-0.4, -0.2) is 36.6 Å². The standard InChI is InChI=1S/C14H19N3O3/c1-20-13(18)12-7-2-3-8-17(12)14(19)16-11-6-4-5-10(15)9-11/h4-6,9,12H,2-3,7-8,15H2,1H3,(H,16,19). The number of nitrogens with one attached hydrogen (secondary N) is 1. The highest BCUT2D eigenvalue weighted by atomic mass is 16.5. The van der Waals surface area contributed by atoms with Crippen LogP contribution in [0.15, 0.2) is 24.3 Å². The lowest BCUT2D eigenvalue weighted by Crippen LogP contribution is -2.50. The van der Waals surface area contributed by atoms with Crippen molar-refractivity contribution in [1.82, 2.24) is 4.90 Å². The number of likely N-dealkylation sites (tertiary alicyclic amines) is 1. The lowest BCUT2D eigenvalue weighted by molar-refractivity contribution is -0.146. The van der Waals surface area contributed by atoms with Crippen LogP contribution in [0.3, 0.4) is 0 Å². The molecular formula is C14H19N3O3. The number of hydrogen-bond donors (Lipinski definition) is 2. The molecule has 0 aliphatic carbocycles. The lowest BCUT2D eigenvalue weighted by atomic mass is 10.0. The van der Waals surface area contributed by atoms with Gasteiger partial charge in [-0.3, -0.25) is 0 Å². The van der Waals surface area contributed by atoms with Gasteiger partial charge in [0.2, 0.25) is 0 Å². The van der Waals surface area contributed by atoms with E-state index in [9.17, 15) is 9.59 Å². The molecule has 3 N–H and O–H groups in total. The van der Waals surface area contributed by atoms with Gasteiger partial charge in [0.25, 0.3) is 0 Å². The largest absolute Gasteiger partial charge is 0.467 e. The number of esters is 1. The Morgan fingerprint density at radius 3 is 2.90 bits per heavy atom. The number of methoxy groups -OCH3 is 1. The molecule has 0 spiro atoms. The van der Waals surface area contributed by atoms with Gasteiger partial charge in [0.1, 0.15) is 6.04 Å². The summed E-state index contributed by atoms with van der Waals surface area (Å²) in [6.07, 6.45) is 2.44. The van der Waals surface area contributed by atoms with Crippen molar-refractivity contribution in [3.05, 3.63) is 24.3 Å². The number of nitrogen functional groups attached to an aromatic ring is 1. The van der Waals surface area contributed by atoms with Crippen molar-refractivity contribution in [2.75, 3.05) is 24.7 Å². The van der Waals surface area contributed by atoms with Crippen LogP contribution in [0, 0.1) is 0 Å². The van der Waals surface area contributed by atoms with E-state index < -0.39 is 6.04 Å². The molecule has 2 amide bonds. The molecule has 2 rings (SSSR count). The van der Waals surface area contributed by atoms with Gasteiger partial charge in [-0.25, -0.2) is 9.59 Å². The monoisotopic (exact) mass is 277 g/mol. The van der Waals surface area contributed by atoms with Crippen molar-refractivity contribution in [2.45, 2.75) is 25.3 Å². The van der Waals surface area contributed by atoms with Crippen molar-refractivity contribution < 1.29 is 14.3 Å². The number of amides is 2. The molecule has 1 heterocycles. The second-order valence-electron chi connectivity index (χ2n) is 4.78. The molecule has 1 aromatic carbocycles. The highest BCUT2D eigenvalue weighted by molar-refractivity contribution is 5.93. The van der Waals surface area contributed by atoms with Crippen LogP contribution in [0.25, 0.3) is 0 Å². The minimum Gasteiger partial charge on any atom is -0.467 e. The van der Waals surface area contributed by atoms with Gasteiger partial charge in [-0.15, -0.1) is 0 Å². The minimum absolute atomic E-state index is 0.300. The Morgan fingerprint density at radius 2 is 2.20 bits per heavy atom. The predicted octanol–water partition coefficient (Wildman–Crippen LogP) is 1.83. The normalized spacial score (nSPS) is 18.4. The van der Waals surface area contributed by atoms with E-state index in [-0.39, 0.29) is 12.0 Å². The first-order valence-corrected chi connectivity index (χ1v) is 6.63. The Morgan fingerprint density at radius 1 is 1.40 bits per heavy atom.